The van der Waals surface area contributed by atoms with E-state index >= 15 is 0 Å². The first-order chi connectivity index (χ1) is 11.2. The Morgan fingerprint density at radius 2 is 1.87 bits per heavy atom. The van der Waals surface area contributed by atoms with E-state index in [1.165, 1.54) is 45.5 Å². The van der Waals surface area contributed by atoms with Crippen LogP contribution < -0.4 is 0 Å². The zero-order valence-electron chi connectivity index (χ0n) is 14.7. The van der Waals surface area contributed by atoms with E-state index in [0.717, 1.165) is 32.2 Å². The Labute approximate surface area is 140 Å². The molecule has 1 heteroatoms. The van der Waals surface area contributed by atoms with Crippen LogP contribution in [0.3, 0.4) is 0 Å². The molecule has 0 atom stereocenters. The van der Waals surface area contributed by atoms with Gasteiger partial charge in [0.05, 0.1) is 0 Å². The van der Waals surface area contributed by atoms with Gasteiger partial charge in [0.25, 0.3) is 0 Å². The van der Waals surface area contributed by atoms with Crippen molar-refractivity contribution in [2.75, 3.05) is 6.54 Å². The van der Waals surface area contributed by atoms with Crippen LogP contribution in [0.15, 0.2) is 41.4 Å². The van der Waals surface area contributed by atoms with E-state index in [1.54, 1.807) is 0 Å². The number of benzene rings is 2. The lowest BCUT2D eigenvalue weighted by molar-refractivity contribution is 0.917. The van der Waals surface area contributed by atoms with Crippen molar-refractivity contribution in [3.8, 4) is 0 Å². The molecule has 2 aromatic carbocycles. The fourth-order valence-corrected chi connectivity index (χ4v) is 3.66. The van der Waals surface area contributed by atoms with Gasteiger partial charge in [0, 0.05) is 12.3 Å². The molecular formula is C22H27N. The molecule has 120 valence electrons. The predicted molar refractivity (Wildman–Crippen MR) is 99.8 cm³/mol. The van der Waals surface area contributed by atoms with E-state index in [9.17, 15) is 0 Å². The molecule has 23 heavy (non-hydrogen) atoms. The lowest BCUT2D eigenvalue weighted by Crippen LogP contribution is -2.06. The van der Waals surface area contributed by atoms with Crippen molar-refractivity contribution in [1.29, 1.82) is 0 Å². The van der Waals surface area contributed by atoms with Gasteiger partial charge < -0.3 is 0 Å². The fraction of sp³-hybridized carbons (Fsp3) is 0.409. The topological polar surface area (TPSA) is 12.4 Å². The lowest BCUT2D eigenvalue weighted by Gasteiger charge is -2.15. The average Bonchev–Trinajstić information content (AvgIpc) is 3.08. The zero-order valence-corrected chi connectivity index (χ0v) is 14.7. The molecule has 2 aromatic rings. The largest absolute Gasteiger partial charge is 0.289 e. The van der Waals surface area contributed by atoms with Crippen molar-refractivity contribution in [1.82, 2.24) is 0 Å². The molecule has 0 unspecified atom stereocenters. The summed E-state index contributed by atoms with van der Waals surface area (Å²) in [6.07, 6.45) is 5.69. The highest BCUT2D eigenvalue weighted by atomic mass is 14.8. The van der Waals surface area contributed by atoms with Crippen molar-refractivity contribution >= 4 is 5.71 Å². The summed E-state index contributed by atoms with van der Waals surface area (Å²) in [7, 11) is 0. The molecule has 0 spiro atoms. The SMILES string of the molecule is CCc1ccc(C)cc1CCc1c(C)cccc1C1=NCCC1. The molecule has 0 amide bonds. The van der Waals surface area contributed by atoms with Gasteiger partial charge >= 0.3 is 0 Å². The molecule has 0 bridgehead atoms. The first kappa shape index (κ1) is 16.0. The van der Waals surface area contributed by atoms with E-state index in [1.807, 2.05) is 0 Å². The molecule has 0 fully saturated rings. The van der Waals surface area contributed by atoms with Crippen LogP contribution in [0, 0.1) is 13.8 Å². The predicted octanol–water partition coefficient (Wildman–Crippen LogP) is 5.23. The second kappa shape index (κ2) is 7.12. The molecule has 0 saturated carbocycles. The van der Waals surface area contributed by atoms with Gasteiger partial charge in [-0.25, -0.2) is 0 Å². The Morgan fingerprint density at radius 1 is 1.00 bits per heavy atom. The van der Waals surface area contributed by atoms with E-state index in [0.29, 0.717) is 0 Å². The normalized spacial score (nSPS) is 14.1. The summed E-state index contributed by atoms with van der Waals surface area (Å²) in [5, 5.41) is 0. The standard InChI is InChI=1S/C22H27N/c1-4-18-11-10-16(2)15-19(18)12-13-20-17(3)7-5-8-21(20)22-9-6-14-23-22/h5,7-8,10-11,15H,4,6,9,12-14H2,1-3H3. The second-order valence-electron chi connectivity index (χ2n) is 6.66. The average molecular weight is 305 g/mol. The summed E-state index contributed by atoms with van der Waals surface area (Å²) >= 11 is 0. The molecule has 1 nitrogen and oxygen atoms in total. The molecule has 1 heterocycles. The van der Waals surface area contributed by atoms with Crippen molar-refractivity contribution in [3.05, 3.63) is 69.8 Å². The number of aryl methyl sites for hydroxylation is 4. The number of nitrogens with zero attached hydrogens (tertiary/aromatic N) is 1. The van der Waals surface area contributed by atoms with E-state index < -0.39 is 0 Å². The lowest BCUT2D eigenvalue weighted by atomic mass is 9.90. The summed E-state index contributed by atoms with van der Waals surface area (Å²) in [5.74, 6) is 0. The maximum Gasteiger partial charge on any atom is 0.0424 e. The zero-order chi connectivity index (χ0) is 16.2. The number of aliphatic imine (C=N–C) groups is 1. The van der Waals surface area contributed by atoms with Gasteiger partial charge in [-0.15, -0.1) is 0 Å². The van der Waals surface area contributed by atoms with Crippen LogP contribution in [-0.4, -0.2) is 12.3 Å². The van der Waals surface area contributed by atoms with Gasteiger partial charge in [0.2, 0.25) is 0 Å². The first-order valence-corrected chi connectivity index (χ1v) is 8.89. The van der Waals surface area contributed by atoms with Gasteiger partial charge in [0.15, 0.2) is 0 Å². The highest BCUT2D eigenvalue weighted by Gasteiger charge is 2.15. The molecule has 0 aromatic heterocycles. The fourth-order valence-electron chi connectivity index (χ4n) is 3.66. The van der Waals surface area contributed by atoms with Gasteiger partial charge in [-0.1, -0.05) is 48.9 Å². The third-order valence-corrected chi connectivity index (χ3v) is 4.98. The molecule has 3 rings (SSSR count). The third-order valence-electron chi connectivity index (χ3n) is 4.98. The summed E-state index contributed by atoms with van der Waals surface area (Å²) in [4.78, 5) is 4.73. The minimum absolute atomic E-state index is 1.00. The van der Waals surface area contributed by atoms with E-state index in [2.05, 4.69) is 57.2 Å². The number of hydrogen-bond donors (Lipinski definition) is 0. The van der Waals surface area contributed by atoms with E-state index in [4.69, 9.17) is 4.99 Å². The van der Waals surface area contributed by atoms with Crippen LogP contribution in [0.4, 0.5) is 0 Å². The summed E-state index contributed by atoms with van der Waals surface area (Å²) in [5.41, 5.74) is 9.98. The van der Waals surface area contributed by atoms with E-state index in [-0.39, 0.29) is 0 Å². The molecule has 0 aliphatic carbocycles. The minimum Gasteiger partial charge on any atom is -0.289 e. The maximum atomic E-state index is 4.73. The Bertz CT molecular complexity index is 725. The highest BCUT2D eigenvalue weighted by molar-refractivity contribution is 6.03. The van der Waals surface area contributed by atoms with Gasteiger partial charge in [0.1, 0.15) is 0 Å². The van der Waals surface area contributed by atoms with Gasteiger partial charge in [-0.3, -0.25) is 4.99 Å². The number of rotatable bonds is 5. The molecule has 1 aliphatic heterocycles. The summed E-state index contributed by atoms with van der Waals surface area (Å²) in [6.45, 7) is 7.68. The van der Waals surface area contributed by atoms with Gasteiger partial charge in [-0.2, -0.15) is 0 Å². The van der Waals surface area contributed by atoms with Crippen LogP contribution >= 0.6 is 0 Å². The van der Waals surface area contributed by atoms with Gasteiger partial charge in [-0.05, 0) is 73.8 Å². The Kier molecular flexibility index (Phi) is 4.95. The number of hydrogen-bond acceptors (Lipinski definition) is 1. The van der Waals surface area contributed by atoms with Crippen molar-refractivity contribution in [2.24, 2.45) is 4.99 Å². The molecular weight excluding hydrogens is 278 g/mol. The third kappa shape index (κ3) is 3.55. The Balaban J connectivity index is 1.87. The van der Waals surface area contributed by atoms with Crippen LogP contribution in [-0.2, 0) is 19.3 Å². The molecule has 1 aliphatic rings. The van der Waals surface area contributed by atoms with Crippen molar-refractivity contribution < 1.29 is 0 Å². The summed E-state index contributed by atoms with van der Waals surface area (Å²) in [6, 6.07) is 13.6. The van der Waals surface area contributed by atoms with Crippen molar-refractivity contribution in [2.45, 2.75) is 52.9 Å². The van der Waals surface area contributed by atoms with Crippen LogP contribution in [0.1, 0.15) is 53.1 Å². The molecule has 0 radical (unpaired) electrons. The monoisotopic (exact) mass is 305 g/mol. The minimum atomic E-state index is 1.00. The molecule has 0 saturated heterocycles. The first-order valence-electron chi connectivity index (χ1n) is 8.89. The van der Waals surface area contributed by atoms with Crippen molar-refractivity contribution in [3.63, 3.8) is 0 Å². The Morgan fingerprint density at radius 3 is 2.61 bits per heavy atom. The highest BCUT2D eigenvalue weighted by Crippen LogP contribution is 2.23. The molecule has 0 N–H and O–H groups in total. The quantitative estimate of drug-likeness (QED) is 0.717. The maximum absolute atomic E-state index is 4.73. The van der Waals surface area contributed by atoms with Crippen LogP contribution in [0.25, 0.3) is 0 Å². The Hall–Kier alpha value is -1.89. The van der Waals surface area contributed by atoms with Crippen LogP contribution in [0.2, 0.25) is 0 Å². The smallest absolute Gasteiger partial charge is 0.0424 e. The summed E-state index contributed by atoms with van der Waals surface area (Å²) < 4.78 is 0. The second-order valence-corrected chi connectivity index (χ2v) is 6.66. The van der Waals surface area contributed by atoms with Crippen LogP contribution in [0.5, 0.6) is 0 Å².